The molecule has 2 fully saturated rings. The Labute approximate surface area is 82.5 Å². The summed E-state index contributed by atoms with van der Waals surface area (Å²) in [6.07, 6.45) is 5.97. The minimum Gasteiger partial charge on any atom is -0.303 e. The Morgan fingerprint density at radius 2 is 1.85 bits per heavy atom. The van der Waals surface area contributed by atoms with Crippen LogP contribution < -0.4 is 0 Å². The third-order valence-corrected chi connectivity index (χ3v) is 4.12. The zero-order valence-corrected chi connectivity index (χ0v) is 9.29. The second-order valence-electron chi connectivity index (χ2n) is 5.38. The van der Waals surface area contributed by atoms with E-state index >= 15 is 0 Å². The van der Waals surface area contributed by atoms with Crippen molar-refractivity contribution in [1.82, 2.24) is 4.90 Å². The van der Waals surface area contributed by atoms with Crippen LogP contribution in [0.5, 0.6) is 0 Å². The van der Waals surface area contributed by atoms with Gasteiger partial charge in [0.2, 0.25) is 0 Å². The van der Waals surface area contributed by atoms with E-state index in [0.717, 1.165) is 23.8 Å². The summed E-state index contributed by atoms with van der Waals surface area (Å²) in [5.41, 5.74) is 0. The first-order chi connectivity index (χ1) is 6.20. The number of rotatable bonds is 1. The molecule has 2 aliphatic rings. The smallest absolute Gasteiger partial charge is 0.0147 e. The summed E-state index contributed by atoms with van der Waals surface area (Å²) in [5.74, 6) is 2.91. The summed E-state index contributed by atoms with van der Waals surface area (Å²) in [5, 5.41) is 0. The summed E-state index contributed by atoms with van der Waals surface area (Å²) >= 11 is 0. The van der Waals surface area contributed by atoms with Gasteiger partial charge in [-0.3, -0.25) is 0 Å². The molecule has 0 aromatic rings. The minimum atomic E-state index is 0.845. The Morgan fingerprint density at radius 1 is 1.15 bits per heavy atom. The van der Waals surface area contributed by atoms with Crippen LogP contribution in [0.4, 0.5) is 0 Å². The van der Waals surface area contributed by atoms with E-state index in [4.69, 9.17) is 0 Å². The van der Waals surface area contributed by atoms with Gasteiger partial charge in [-0.1, -0.05) is 26.7 Å². The van der Waals surface area contributed by atoms with Gasteiger partial charge in [-0.2, -0.15) is 0 Å². The Balaban J connectivity index is 2.09. The fourth-order valence-electron chi connectivity index (χ4n) is 3.73. The monoisotopic (exact) mass is 181 g/mol. The molecule has 0 bridgehead atoms. The van der Waals surface area contributed by atoms with Crippen molar-refractivity contribution >= 4 is 0 Å². The zero-order chi connectivity index (χ0) is 9.42. The first kappa shape index (κ1) is 9.51. The fourth-order valence-corrected chi connectivity index (χ4v) is 3.73. The van der Waals surface area contributed by atoms with E-state index in [1.54, 1.807) is 0 Å². The molecule has 76 valence electrons. The molecule has 0 N–H and O–H groups in total. The highest BCUT2D eigenvalue weighted by Crippen LogP contribution is 2.41. The van der Waals surface area contributed by atoms with Crippen molar-refractivity contribution in [3.05, 3.63) is 0 Å². The minimum absolute atomic E-state index is 0.845. The molecular formula is C12H23N. The van der Waals surface area contributed by atoms with Gasteiger partial charge in [0.25, 0.3) is 0 Å². The molecule has 0 radical (unpaired) electrons. The van der Waals surface area contributed by atoms with Crippen molar-refractivity contribution < 1.29 is 0 Å². The molecule has 1 aliphatic heterocycles. The fraction of sp³-hybridized carbons (Fsp3) is 1.00. The van der Waals surface area contributed by atoms with Gasteiger partial charge in [0, 0.05) is 12.6 Å². The van der Waals surface area contributed by atoms with Gasteiger partial charge in [-0.25, -0.2) is 0 Å². The Hall–Kier alpha value is -0.0400. The first-order valence-electron chi connectivity index (χ1n) is 5.90. The van der Waals surface area contributed by atoms with Crippen molar-refractivity contribution in [1.29, 1.82) is 0 Å². The average molecular weight is 181 g/mol. The van der Waals surface area contributed by atoms with E-state index in [-0.39, 0.29) is 0 Å². The molecule has 1 heterocycles. The molecule has 0 unspecified atom stereocenters. The Kier molecular flexibility index (Phi) is 2.64. The van der Waals surface area contributed by atoms with Gasteiger partial charge in [-0.05, 0) is 37.6 Å². The molecule has 0 amide bonds. The van der Waals surface area contributed by atoms with Crippen LogP contribution in [0.15, 0.2) is 0 Å². The second-order valence-corrected chi connectivity index (χ2v) is 5.38. The highest BCUT2D eigenvalue weighted by Gasteiger charge is 2.41. The number of nitrogens with zero attached hydrogens (tertiary/aromatic N) is 1. The van der Waals surface area contributed by atoms with E-state index in [2.05, 4.69) is 25.8 Å². The quantitative estimate of drug-likeness (QED) is 0.601. The first-order valence-corrected chi connectivity index (χ1v) is 5.90. The molecule has 1 nitrogen and oxygen atoms in total. The maximum atomic E-state index is 2.62. The van der Waals surface area contributed by atoms with Crippen LogP contribution in [-0.2, 0) is 0 Å². The molecule has 1 saturated heterocycles. The van der Waals surface area contributed by atoms with E-state index < -0.39 is 0 Å². The largest absolute Gasteiger partial charge is 0.303 e. The third-order valence-electron chi connectivity index (χ3n) is 4.12. The van der Waals surface area contributed by atoms with Crippen LogP contribution in [0.2, 0.25) is 0 Å². The van der Waals surface area contributed by atoms with E-state index in [9.17, 15) is 0 Å². The summed E-state index contributed by atoms with van der Waals surface area (Å²) in [6, 6.07) is 0.880. The summed E-state index contributed by atoms with van der Waals surface area (Å²) in [7, 11) is 2.32. The molecule has 0 spiro atoms. The van der Waals surface area contributed by atoms with Gasteiger partial charge >= 0.3 is 0 Å². The Bertz CT molecular complexity index is 176. The van der Waals surface area contributed by atoms with Crippen LogP contribution in [0.3, 0.4) is 0 Å². The third kappa shape index (κ3) is 1.63. The van der Waals surface area contributed by atoms with Gasteiger partial charge in [-0.15, -0.1) is 0 Å². The van der Waals surface area contributed by atoms with E-state index in [1.165, 1.54) is 32.2 Å². The van der Waals surface area contributed by atoms with Crippen LogP contribution in [0.25, 0.3) is 0 Å². The van der Waals surface area contributed by atoms with Gasteiger partial charge < -0.3 is 4.90 Å². The summed E-state index contributed by atoms with van der Waals surface area (Å²) in [4.78, 5) is 2.62. The van der Waals surface area contributed by atoms with Crippen molar-refractivity contribution in [3.63, 3.8) is 0 Å². The lowest BCUT2D eigenvalue weighted by molar-refractivity contribution is 0.186. The molecule has 3 atom stereocenters. The molecule has 1 heteroatoms. The van der Waals surface area contributed by atoms with Gasteiger partial charge in [0.15, 0.2) is 0 Å². The summed E-state index contributed by atoms with van der Waals surface area (Å²) in [6.45, 7) is 6.14. The highest BCUT2D eigenvalue weighted by molar-refractivity contribution is 4.94. The normalized spacial score (nSPS) is 41.1. The predicted octanol–water partition coefficient (Wildman–Crippen LogP) is 2.76. The lowest BCUT2D eigenvalue weighted by atomic mass is 9.76. The molecule has 0 aromatic carbocycles. The van der Waals surface area contributed by atoms with Crippen LogP contribution in [0.1, 0.15) is 39.5 Å². The van der Waals surface area contributed by atoms with E-state index in [0.29, 0.717) is 0 Å². The molecule has 1 aliphatic carbocycles. The zero-order valence-electron chi connectivity index (χ0n) is 9.29. The second kappa shape index (κ2) is 3.61. The summed E-state index contributed by atoms with van der Waals surface area (Å²) < 4.78 is 0. The number of hydrogen-bond donors (Lipinski definition) is 0. The van der Waals surface area contributed by atoms with Crippen LogP contribution >= 0.6 is 0 Å². The van der Waals surface area contributed by atoms with Crippen molar-refractivity contribution in [2.24, 2.45) is 17.8 Å². The van der Waals surface area contributed by atoms with Crippen molar-refractivity contribution in [2.75, 3.05) is 13.6 Å². The van der Waals surface area contributed by atoms with Crippen LogP contribution in [0, 0.1) is 17.8 Å². The number of likely N-dealkylation sites (tertiary alicyclic amines) is 1. The van der Waals surface area contributed by atoms with E-state index in [1.807, 2.05) is 0 Å². The van der Waals surface area contributed by atoms with Crippen molar-refractivity contribution in [2.45, 2.75) is 45.6 Å². The molecular weight excluding hydrogens is 158 g/mol. The van der Waals surface area contributed by atoms with Crippen molar-refractivity contribution in [3.8, 4) is 0 Å². The standard InChI is InChI=1S/C12H23N/c1-9(2)12-11-7-5-4-6-10(11)8-13(12)3/h9-12H,4-8H2,1-3H3/t10-,11-,12+/m1/s1. The topological polar surface area (TPSA) is 3.24 Å². The van der Waals surface area contributed by atoms with Gasteiger partial charge in [0.05, 0.1) is 0 Å². The Morgan fingerprint density at radius 3 is 2.54 bits per heavy atom. The molecule has 1 saturated carbocycles. The SMILES string of the molecule is CC(C)[C@H]1[C@@H]2CCCC[C@@H]2CN1C. The van der Waals surface area contributed by atoms with Crippen LogP contribution in [-0.4, -0.2) is 24.5 Å². The lowest BCUT2D eigenvalue weighted by Crippen LogP contribution is -2.34. The number of hydrogen-bond acceptors (Lipinski definition) is 1. The lowest BCUT2D eigenvalue weighted by Gasteiger charge is -2.32. The number of fused-ring (bicyclic) bond motifs is 1. The molecule has 13 heavy (non-hydrogen) atoms. The maximum absolute atomic E-state index is 2.62. The molecule has 2 rings (SSSR count). The molecule has 0 aromatic heterocycles. The maximum Gasteiger partial charge on any atom is 0.0147 e. The van der Waals surface area contributed by atoms with Gasteiger partial charge in [0.1, 0.15) is 0 Å². The highest BCUT2D eigenvalue weighted by atomic mass is 15.2. The average Bonchev–Trinajstić information content (AvgIpc) is 2.39. The predicted molar refractivity (Wildman–Crippen MR) is 56.7 cm³/mol.